The Kier molecular flexibility index (Phi) is 4.69. The van der Waals surface area contributed by atoms with Crippen LogP contribution in [0.25, 0.3) is 11.0 Å². The van der Waals surface area contributed by atoms with E-state index in [2.05, 4.69) is 10.2 Å². The van der Waals surface area contributed by atoms with Crippen molar-refractivity contribution >= 4 is 28.3 Å². The highest BCUT2D eigenvalue weighted by atomic mass is 16.5. The number of Topliss-reactive ketones (excluding diaryl/α,β-unsaturated/α-hetero) is 1. The van der Waals surface area contributed by atoms with E-state index in [1.807, 2.05) is 32.0 Å². The second-order valence-corrected chi connectivity index (χ2v) is 6.36. The van der Waals surface area contributed by atoms with Gasteiger partial charge in [0.05, 0.1) is 24.4 Å². The molecule has 1 aliphatic heterocycles. The van der Waals surface area contributed by atoms with E-state index in [0.717, 1.165) is 5.39 Å². The van der Waals surface area contributed by atoms with Crippen LogP contribution >= 0.6 is 0 Å². The maximum absolute atomic E-state index is 12.5. The zero-order valence-corrected chi connectivity index (χ0v) is 14.2. The lowest BCUT2D eigenvalue weighted by atomic mass is 10.2. The predicted molar refractivity (Wildman–Crippen MR) is 91.3 cm³/mol. The number of fused-ring (bicyclic) bond motifs is 1. The number of carbonyl (C=O) groups is 2. The number of anilines is 1. The molecule has 1 aromatic carbocycles. The summed E-state index contributed by atoms with van der Waals surface area (Å²) >= 11 is 0. The molecule has 0 unspecified atom stereocenters. The molecule has 6 heteroatoms. The Morgan fingerprint density at radius 3 is 2.54 bits per heavy atom. The van der Waals surface area contributed by atoms with Gasteiger partial charge in [0.15, 0.2) is 11.5 Å². The highest BCUT2D eigenvalue weighted by molar-refractivity contribution is 6.11. The summed E-state index contributed by atoms with van der Waals surface area (Å²) in [5.41, 5.74) is 1.05. The highest BCUT2D eigenvalue weighted by Crippen LogP contribution is 2.31. The standard InChI is InChI=1S/C18H22N2O4/c1-11-8-20(9-12(2)23-11)10-16(22)19-17-14-6-4-5-7-15(14)24-18(17)13(3)21/h4-7,11-12H,8-10H2,1-3H3,(H,19,22)/t11-,12+. The van der Waals surface area contributed by atoms with E-state index in [9.17, 15) is 9.59 Å². The van der Waals surface area contributed by atoms with Crippen LogP contribution in [0.5, 0.6) is 0 Å². The summed E-state index contributed by atoms with van der Waals surface area (Å²) in [5, 5.41) is 3.59. The first-order valence-electron chi connectivity index (χ1n) is 8.14. The number of nitrogens with one attached hydrogen (secondary N) is 1. The van der Waals surface area contributed by atoms with Gasteiger partial charge in [0.25, 0.3) is 0 Å². The second kappa shape index (κ2) is 6.75. The molecule has 0 radical (unpaired) electrons. The summed E-state index contributed by atoms with van der Waals surface area (Å²) < 4.78 is 11.3. The van der Waals surface area contributed by atoms with Crippen molar-refractivity contribution in [2.45, 2.75) is 33.0 Å². The molecule has 0 aliphatic carbocycles. The van der Waals surface area contributed by atoms with Gasteiger partial charge in [-0.3, -0.25) is 14.5 Å². The van der Waals surface area contributed by atoms with Crippen LogP contribution in [0.4, 0.5) is 5.69 Å². The largest absolute Gasteiger partial charge is 0.451 e. The van der Waals surface area contributed by atoms with Gasteiger partial charge in [-0.2, -0.15) is 0 Å². The van der Waals surface area contributed by atoms with Gasteiger partial charge in [-0.1, -0.05) is 12.1 Å². The Bertz CT molecular complexity index is 757. The SMILES string of the molecule is CC(=O)c1oc2ccccc2c1NC(=O)CN1C[C@@H](C)O[C@@H](C)C1. The van der Waals surface area contributed by atoms with E-state index in [1.165, 1.54) is 6.92 Å². The monoisotopic (exact) mass is 330 g/mol. The average molecular weight is 330 g/mol. The summed E-state index contributed by atoms with van der Waals surface area (Å²) in [6.45, 7) is 7.11. The Labute approximate surface area is 140 Å². The van der Waals surface area contributed by atoms with E-state index in [0.29, 0.717) is 24.4 Å². The number of hydrogen-bond donors (Lipinski definition) is 1. The van der Waals surface area contributed by atoms with Crippen LogP contribution in [0.2, 0.25) is 0 Å². The number of carbonyl (C=O) groups excluding carboxylic acids is 2. The number of nitrogens with zero attached hydrogens (tertiary/aromatic N) is 1. The third kappa shape index (κ3) is 3.49. The molecule has 6 nitrogen and oxygen atoms in total. The van der Waals surface area contributed by atoms with E-state index >= 15 is 0 Å². The van der Waals surface area contributed by atoms with Crippen molar-refractivity contribution in [3.8, 4) is 0 Å². The van der Waals surface area contributed by atoms with Gasteiger partial charge in [0.2, 0.25) is 5.91 Å². The minimum absolute atomic E-state index is 0.101. The normalized spacial score (nSPS) is 21.8. The van der Waals surface area contributed by atoms with Crippen molar-refractivity contribution in [3.05, 3.63) is 30.0 Å². The molecule has 1 amide bonds. The number of ether oxygens (including phenoxy) is 1. The topological polar surface area (TPSA) is 71.8 Å². The van der Waals surface area contributed by atoms with Gasteiger partial charge < -0.3 is 14.5 Å². The van der Waals surface area contributed by atoms with Gasteiger partial charge in [0, 0.05) is 25.4 Å². The molecular weight excluding hydrogens is 308 g/mol. The summed E-state index contributed by atoms with van der Waals surface area (Å²) in [6.07, 6.45) is 0.202. The van der Waals surface area contributed by atoms with E-state index in [-0.39, 0.29) is 36.2 Å². The molecule has 0 spiro atoms. The molecule has 128 valence electrons. The summed E-state index contributed by atoms with van der Waals surface area (Å²) in [4.78, 5) is 26.3. The van der Waals surface area contributed by atoms with Gasteiger partial charge in [-0.05, 0) is 26.0 Å². The smallest absolute Gasteiger partial charge is 0.238 e. The first-order chi connectivity index (χ1) is 11.4. The number of rotatable bonds is 4. The Hall–Kier alpha value is -2.18. The minimum Gasteiger partial charge on any atom is -0.451 e. The summed E-state index contributed by atoms with van der Waals surface area (Å²) in [5.74, 6) is -0.186. The van der Waals surface area contributed by atoms with Gasteiger partial charge >= 0.3 is 0 Å². The third-order valence-electron chi connectivity index (χ3n) is 4.04. The van der Waals surface area contributed by atoms with Crippen LogP contribution in [-0.2, 0) is 9.53 Å². The molecular formula is C18H22N2O4. The molecule has 3 rings (SSSR count). The quantitative estimate of drug-likeness (QED) is 0.873. The van der Waals surface area contributed by atoms with E-state index in [1.54, 1.807) is 6.07 Å². The summed E-state index contributed by atoms with van der Waals surface area (Å²) in [6, 6.07) is 7.29. The lowest BCUT2D eigenvalue weighted by Crippen LogP contribution is -2.48. The van der Waals surface area contributed by atoms with Gasteiger partial charge in [-0.25, -0.2) is 0 Å². The average Bonchev–Trinajstić information content (AvgIpc) is 2.85. The minimum atomic E-state index is -0.213. The van der Waals surface area contributed by atoms with Crippen LogP contribution < -0.4 is 5.32 Å². The van der Waals surface area contributed by atoms with Gasteiger partial charge in [0.1, 0.15) is 5.58 Å². The first kappa shape index (κ1) is 16.7. The zero-order valence-electron chi connectivity index (χ0n) is 14.2. The fourth-order valence-corrected chi connectivity index (χ4v) is 3.21. The van der Waals surface area contributed by atoms with Crippen LogP contribution in [0.1, 0.15) is 31.3 Å². The predicted octanol–water partition coefficient (Wildman–Crippen LogP) is 2.68. The van der Waals surface area contributed by atoms with Crippen LogP contribution in [0, 0.1) is 0 Å². The number of hydrogen-bond acceptors (Lipinski definition) is 5. The van der Waals surface area contributed by atoms with Crippen molar-refractivity contribution in [1.82, 2.24) is 4.90 Å². The lowest BCUT2D eigenvalue weighted by Gasteiger charge is -2.34. The van der Waals surface area contributed by atoms with E-state index in [4.69, 9.17) is 9.15 Å². The molecule has 1 fully saturated rings. The number of amides is 1. The fraction of sp³-hybridized carbons (Fsp3) is 0.444. The fourth-order valence-electron chi connectivity index (χ4n) is 3.21. The zero-order chi connectivity index (χ0) is 17.3. The molecule has 2 atom stereocenters. The molecule has 1 aliphatic rings. The molecule has 0 saturated carbocycles. The highest BCUT2D eigenvalue weighted by Gasteiger charge is 2.25. The molecule has 2 aromatic rings. The number of morpholine rings is 1. The van der Waals surface area contributed by atoms with E-state index < -0.39 is 0 Å². The van der Waals surface area contributed by atoms with Crippen LogP contribution in [0.15, 0.2) is 28.7 Å². The van der Waals surface area contributed by atoms with Crippen molar-refractivity contribution < 1.29 is 18.7 Å². The molecule has 0 bridgehead atoms. The van der Waals surface area contributed by atoms with Gasteiger partial charge in [-0.15, -0.1) is 0 Å². The first-order valence-corrected chi connectivity index (χ1v) is 8.14. The molecule has 2 heterocycles. The number of furan rings is 1. The lowest BCUT2D eigenvalue weighted by molar-refractivity contribution is -0.121. The third-order valence-corrected chi connectivity index (χ3v) is 4.04. The number of ketones is 1. The molecule has 1 N–H and O–H groups in total. The van der Waals surface area contributed by atoms with Crippen molar-refractivity contribution in [3.63, 3.8) is 0 Å². The van der Waals surface area contributed by atoms with Crippen molar-refractivity contribution in [2.75, 3.05) is 25.0 Å². The maximum atomic E-state index is 12.5. The molecule has 1 aromatic heterocycles. The Morgan fingerprint density at radius 2 is 1.88 bits per heavy atom. The Balaban J connectivity index is 1.78. The maximum Gasteiger partial charge on any atom is 0.238 e. The van der Waals surface area contributed by atoms with Crippen molar-refractivity contribution in [2.24, 2.45) is 0 Å². The number of para-hydroxylation sites is 1. The van der Waals surface area contributed by atoms with Crippen molar-refractivity contribution in [1.29, 1.82) is 0 Å². The van der Waals surface area contributed by atoms with Crippen LogP contribution in [0.3, 0.4) is 0 Å². The van der Waals surface area contributed by atoms with Crippen LogP contribution in [-0.4, -0.2) is 48.4 Å². The summed E-state index contributed by atoms with van der Waals surface area (Å²) in [7, 11) is 0. The molecule has 1 saturated heterocycles. The Morgan fingerprint density at radius 1 is 1.21 bits per heavy atom. The second-order valence-electron chi connectivity index (χ2n) is 6.36. The molecule has 24 heavy (non-hydrogen) atoms. The number of benzene rings is 1.